The van der Waals surface area contributed by atoms with Gasteiger partial charge in [-0.2, -0.15) is 0 Å². The molecule has 0 radical (unpaired) electrons. The molecular formula is C21H23NO4. The van der Waals surface area contributed by atoms with E-state index in [0.717, 1.165) is 23.1 Å². The standard InChI is InChI=1S/C21H23NO4/c1-14-6-4-7-17(12-14)25-11-5-10-22-21(23)20-15(2)26-19-9-8-16(24-3)13-18(19)20/h4,6-9,12-13H,5,10-11H2,1-3H3,(H,22,23). The van der Waals surface area contributed by atoms with Crippen LogP contribution in [0.4, 0.5) is 0 Å². The van der Waals surface area contributed by atoms with Crippen molar-refractivity contribution < 1.29 is 18.7 Å². The molecule has 136 valence electrons. The molecule has 1 amide bonds. The second kappa shape index (κ2) is 7.95. The third-order valence-electron chi connectivity index (χ3n) is 4.16. The van der Waals surface area contributed by atoms with E-state index in [-0.39, 0.29) is 5.91 Å². The number of methoxy groups -OCH3 is 1. The molecule has 0 aliphatic heterocycles. The molecule has 0 bridgehead atoms. The summed E-state index contributed by atoms with van der Waals surface area (Å²) in [6.07, 6.45) is 0.720. The van der Waals surface area contributed by atoms with Gasteiger partial charge in [-0.1, -0.05) is 12.1 Å². The summed E-state index contributed by atoms with van der Waals surface area (Å²) in [5.41, 5.74) is 2.39. The Labute approximate surface area is 152 Å². The molecule has 0 aliphatic carbocycles. The maximum atomic E-state index is 12.6. The summed E-state index contributed by atoms with van der Waals surface area (Å²) in [7, 11) is 1.60. The predicted octanol–water partition coefficient (Wildman–Crippen LogP) is 4.26. The van der Waals surface area contributed by atoms with Crippen molar-refractivity contribution in [1.82, 2.24) is 5.32 Å². The van der Waals surface area contributed by atoms with E-state index in [9.17, 15) is 4.79 Å². The average Bonchev–Trinajstić information content (AvgIpc) is 2.96. The zero-order valence-electron chi connectivity index (χ0n) is 15.3. The smallest absolute Gasteiger partial charge is 0.255 e. The molecule has 26 heavy (non-hydrogen) atoms. The van der Waals surface area contributed by atoms with Crippen molar-refractivity contribution in [3.63, 3.8) is 0 Å². The molecule has 1 aromatic heterocycles. The van der Waals surface area contributed by atoms with Crippen molar-refractivity contribution in [3.8, 4) is 11.5 Å². The van der Waals surface area contributed by atoms with Crippen molar-refractivity contribution in [3.05, 3.63) is 59.4 Å². The molecule has 2 aromatic carbocycles. The fourth-order valence-corrected chi connectivity index (χ4v) is 2.87. The lowest BCUT2D eigenvalue weighted by molar-refractivity contribution is 0.0951. The summed E-state index contributed by atoms with van der Waals surface area (Å²) < 4.78 is 16.6. The fourth-order valence-electron chi connectivity index (χ4n) is 2.87. The Morgan fingerprint density at radius 2 is 1.96 bits per heavy atom. The summed E-state index contributed by atoms with van der Waals surface area (Å²) in [5, 5.41) is 3.69. The van der Waals surface area contributed by atoms with Crippen LogP contribution in [0, 0.1) is 13.8 Å². The Morgan fingerprint density at radius 3 is 2.73 bits per heavy atom. The quantitative estimate of drug-likeness (QED) is 0.645. The van der Waals surface area contributed by atoms with Crippen molar-refractivity contribution in [1.29, 1.82) is 0 Å². The Morgan fingerprint density at radius 1 is 1.12 bits per heavy atom. The first kappa shape index (κ1) is 17.9. The maximum absolute atomic E-state index is 12.6. The minimum Gasteiger partial charge on any atom is -0.497 e. The van der Waals surface area contributed by atoms with Crippen molar-refractivity contribution >= 4 is 16.9 Å². The number of hydrogen-bond acceptors (Lipinski definition) is 4. The van der Waals surface area contributed by atoms with Crippen LogP contribution >= 0.6 is 0 Å². The number of furan rings is 1. The van der Waals surface area contributed by atoms with Gasteiger partial charge in [0.1, 0.15) is 22.8 Å². The van der Waals surface area contributed by atoms with Gasteiger partial charge >= 0.3 is 0 Å². The average molecular weight is 353 g/mol. The van der Waals surface area contributed by atoms with E-state index in [1.165, 1.54) is 0 Å². The first-order valence-electron chi connectivity index (χ1n) is 8.63. The van der Waals surface area contributed by atoms with E-state index < -0.39 is 0 Å². The molecule has 5 nitrogen and oxygen atoms in total. The molecule has 0 unspecified atom stereocenters. The van der Waals surface area contributed by atoms with Crippen LogP contribution in [0.15, 0.2) is 46.9 Å². The van der Waals surface area contributed by atoms with Crippen LogP contribution in [0.3, 0.4) is 0 Å². The molecule has 0 saturated heterocycles. The lowest BCUT2D eigenvalue weighted by Gasteiger charge is -2.08. The number of carbonyl (C=O) groups is 1. The van der Waals surface area contributed by atoms with E-state index in [4.69, 9.17) is 13.9 Å². The minimum absolute atomic E-state index is 0.148. The highest BCUT2D eigenvalue weighted by molar-refractivity contribution is 6.07. The number of fused-ring (bicyclic) bond motifs is 1. The van der Waals surface area contributed by atoms with Gasteiger partial charge in [-0.25, -0.2) is 0 Å². The van der Waals surface area contributed by atoms with Crippen molar-refractivity contribution in [2.45, 2.75) is 20.3 Å². The zero-order chi connectivity index (χ0) is 18.5. The summed E-state index contributed by atoms with van der Waals surface area (Å²) in [6.45, 7) is 4.89. The summed E-state index contributed by atoms with van der Waals surface area (Å²) >= 11 is 0. The molecular weight excluding hydrogens is 330 g/mol. The molecule has 0 saturated carbocycles. The first-order chi connectivity index (χ1) is 12.6. The summed E-state index contributed by atoms with van der Waals surface area (Å²) in [5.74, 6) is 1.99. The van der Waals surface area contributed by atoms with E-state index in [0.29, 0.717) is 35.8 Å². The highest BCUT2D eigenvalue weighted by atomic mass is 16.5. The van der Waals surface area contributed by atoms with Crippen LogP contribution in [-0.2, 0) is 0 Å². The van der Waals surface area contributed by atoms with Crippen LogP contribution in [0.2, 0.25) is 0 Å². The molecule has 1 N–H and O–H groups in total. The van der Waals surface area contributed by atoms with Gasteiger partial charge < -0.3 is 19.2 Å². The summed E-state index contributed by atoms with van der Waals surface area (Å²) in [6, 6.07) is 13.4. The number of amides is 1. The van der Waals surface area contributed by atoms with Gasteiger partial charge in [-0.15, -0.1) is 0 Å². The van der Waals surface area contributed by atoms with Crippen LogP contribution < -0.4 is 14.8 Å². The number of aryl methyl sites for hydroxylation is 2. The second-order valence-electron chi connectivity index (χ2n) is 6.17. The Balaban J connectivity index is 1.56. The normalized spacial score (nSPS) is 10.7. The molecule has 0 atom stereocenters. The van der Waals surface area contributed by atoms with E-state index in [1.54, 1.807) is 14.0 Å². The highest BCUT2D eigenvalue weighted by Crippen LogP contribution is 2.28. The van der Waals surface area contributed by atoms with E-state index in [2.05, 4.69) is 5.32 Å². The number of nitrogens with one attached hydrogen (secondary N) is 1. The van der Waals surface area contributed by atoms with E-state index >= 15 is 0 Å². The SMILES string of the molecule is COc1ccc2oc(C)c(C(=O)NCCCOc3cccc(C)c3)c2c1. The zero-order valence-corrected chi connectivity index (χ0v) is 15.3. The fraction of sp³-hybridized carbons (Fsp3) is 0.286. The van der Waals surface area contributed by atoms with Gasteiger partial charge in [0.2, 0.25) is 0 Å². The highest BCUT2D eigenvalue weighted by Gasteiger charge is 2.18. The summed E-state index contributed by atoms with van der Waals surface area (Å²) in [4.78, 5) is 12.6. The third-order valence-corrected chi connectivity index (χ3v) is 4.16. The molecule has 1 heterocycles. The number of hydrogen-bond donors (Lipinski definition) is 1. The topological polar surface area (TPSA) is 60.7 Å². The lowest BCUT2D eigenvalue weighted by atomic mass is 10.1. The van der Waals surface area contributed by atoms with Gasteiger partial charge in [0.05, 0.1) is 19.3 Å². The van der Waals surface area contributed by atoms with Crippen LogP contribution in [0.1, 0.15) is 28.1 Å². The van der Waals surface area contributed by atoms with Gasteiger partial charge in [-0.05, 0) is 56.2 Å². The molecule has 0 spiro atoms. The van der Waals surface area contributed by atoms with Crippen molar-refractivity contribution in [2.75, 3.05) is 20.3 Å². The second-order valence-corrected chi connectivity index (χ2v) is 6.17. The third kappa shape index (κ3) is 3.99. The van der Waals surface area contributed by atoms with Crippen molar-refractivity contribution in [2.24, 2.45) is 0 Å². The number of rotatable bonds is 7. The first-order valence-corrected chi connectivity index (χ1v) is 8.63. The van der Waals surface area contributed by atoms with Gasteiger partial charge in [-0.3, -0.25) is 4.79 Å². The largest absolute Gasteiger partial charge is 0.497 e. The monoisotopic (exact) mass is 353 g/mol. The van der Waals surface area contributed by atoms with Gasteiger partial charge in [0, 0.05) is 11.9 Å². The predicted molar refractivity (Wildman–Crippen MR) is 101 cm³/mol. The molecule has 3 rings (SSSR count). The van der Waals surface area contributed by atoms with Gasteiger partial charge in [0.15, 0.2) is 0 Å². The number of carbonyl (C=O) groups excluding carboxylic acids is 1. The molecule has 0 aliphatic rings. The Bertz CT molecular complexity index is 914. The number of ether oxygens (including phenoxy) is 2. The minimum atomic E-state index is -0.148. The number of benzene rings is 2. The Hall–Kier alpha value is -2.95. The molecule has 3 aromatic rings. The van der Waals surface area contributed by atoms with E-state index in [1.807, 2.05) is 49.4 Å². The molecule has 5 heteroatoms. The van der Waals surface area contributed by atoms with Crippen LogP contribution in [0.5, 0.6) is 11.5 Å². The van der Waals surface area contributed by atoms with Gasteiger partial charge in [0.25, 0.3) is 5.91 Å². The maximum Gasteiger partial charge on any atom is 0.255 e. The van der Waals surface area contributed by atoms with Crippen LogP contribution in [-0.4, -0.2) is 26.2 Å². The van der Waals surface area contributed by atoms with Crippen LogP contribution in [0.25, 0.3) is 11.0 Å². The molecule has 0 fully saturated rings. The Kier molecular flexibility index (Phi) is 5.46. The lowest BCUT2D eigenvalue weighted by Crippen LogP contribution is -2.26.